The van der Waals surface area contributed by atoms with Gasteiger partial charge in [-0.2, -0.15) is 5.10 Å². The Bertz CT molecular complexity index is 888. The minimum absolute atomic E-state index is 0. The molecule has 4 rings (SSSR count). The lowest BCUT2D eigenvalue weighted by Gasteiger charge is -2.37. The molecule has 0 aliphatic carbocycles. The second-order valence-corrected chi connectivity index (χ2v) is 6.79. The van der Waals surface area contributed by atoms with Crippen LogP contribution in [0.3, 0.4) is 0 Å². The van der Waals surface area contributed by atoms with E-state index in [9.17, 15) is 4.39 Å². The zero-order valence-corrected chi connectivity index (χ0v) is 16.1. The van der Waals surface area contributed by atoms with Crippen LogP contribution < -0.4 is 5.32 Å². The molecular formula is C19H20Cl2FN5. The fourth-order valence-corrected chi connectivity index (χ4v) is 3.58. The largest absolute Gasteiger partial charge is 0.314 e. The summed E-state index contributed by atoms with van der Waals surface area (Å²) >= 11 is 6.19. The molecule has 27 heavy (non-hydrogen) atoms. The van der Waals surface area contributed by atoms with Crippen molar-refractivity contribution >= 4 is 24.0 Å². The fourth-order valence-electron chi connectivity index (χ4n) is 3.41. The average molecular weight is 408 g/mol. The number of nitrogens with one attached hydrogen (secondary N) is 1. The molecule has 1 atom stereocenters. The molecule has 2 aromatic carbocycles. The highest BCUT2D eigenvalue weighted by atomic mass is 35.5. The number of benzene rings is 2. The van der Waals surface area contributed by atoms with Crippen LogP contribution in [0.4, 0.5) is 4.39 Å². The maximum Gasteiger partial charge on any atom is 0.138 e. The van der Waals surface area contributed by atoms with Crippen molar-refractivity contribution in [1.29, 1.82) is 0 Å². The van der Waals surface area contributed by atoms with Crippen LogP contribution in [0, 0.1) is 5.82 Å². The molecule has 1 N–H and O–H groups in total. The third-order valence-electron chi connectivity index (χ3n) is 4.67. The van der Waals surface area contributed by atoms with Crippen LogP contribution in [-0.2, 0) is 6.54 Å². The summed E-state index contributed by atoms with van der Waals surface area (Å²) in [7, 11) is 0. The molecule has 1 unspecified atom stereocenters. The number of hydrogen-bond acceptors (Lipinski definition) is 4. The van der Waals surface area contributed by atoms with E-state index in [1.807, 2.05) is 24.3 Å². The van der Waals surface area contributed by atoms with Gasteiger partial charge in [-0.15, -0.1) is 12.4 Å². The molecule has 1 aromatic heterocycles. The van der Waals surface area contributed by atoms with Crippen LogP contribution in [0.1, 0.15) is 17.2 Å². The summed E-state index contributed by atoms with van der Waals surface area (Å²) in [4.78, 5) is 6.39. The highest BCUT2D eigenvalue weighted by Crippen LogP contribution is 2.27. The van der Waals surface area contributed by atoms with Gasteiger partial charge in [-0.25, -0.2) is 14.1 Å². The van der Waals surface area contributed by atoms with E-state index in [0.717, 1.165) is 43.0 Å². The maximum atomic E-state index is 13.7. The second-order valence-electron chi connectivity index (χ2n) is 6.36. The van der Waals surface area contributed by atoms with Crippen molar-refractivity contribution in [2.45, 2.75) is 12.6 Å². The Labute approximate surface area is 168 Å². The van der Waals surface area contributed by atoms with E-state index in [-0.39, 0.29) is 24.3 Å². The molecule has 3 aromatic rings. The van der Waals surface area contributed by atoms with Gasteiger partial charge in [0.1, 0.15) is 18.5 Å². The molecule has 0 saturated carbocycles. The Hall–Kier alpha value is -1.99. The van der Waals surface area contributed by atoms with Crippen molar-refractivity contribution in [3.05, 3.63) is 77.1 Å². The normalized spacial score (nSPS) is 17.5. The Morgan fingerprint density at radius 3 is 2.89 bits per heavy atom. The van der Waals surface area contributed by atoms with E-state index in [1.54, 1.807) is 23.1 Å². The summed E-state index contributed by atoms with van der Waals surface area (Å²) in [5, 5.41) is 8.30. The standard InChI is InChI=1S/C19H19ClFN5.ClH/c20-16-5-4-15(18(9-16)26-13-23-12-24-26)11-25-7-6-22-10-19(25)14-2-1-3-17(21)8-14;/h1-5,8-9,12-13,19,22H,6-7,10-11H2;1H. The zero-order chi connectivity index (χ0) is 17.9. The molecule has 8 heteroatoms. The van der Waals surface area contributed by atoms with Gasteiger partial charge in [-0.05, 0) is 35.4 Å². The molecule has 0 radical (unpaired) electrons. The van der Waals surface area contributed by atoms with Gasteiger partial charge in [-0.1, -0.05) is 29.8 Å². The quantitative estimate of drug-likeness (QED) is 0.716. The number of piperazine rings is 1. The van der Waals surface area contributed by atoms with Crippen molar-refractivity contribution in [3.8, 4) is 5.69 Å². The molecule has 1 fully saturated rings. The Balaban J connectivity index is 0.00000210. The number of aromatic nitrogens is 3. The summed E-state index contributed by atoms with van der Waals surface area (Å²) in [5.74, 6) is -0.206. The van der Waals surface area contributed by atoms with E-state index in [1.165, 1.54) is 12.4 Å². The lowest BCUT2D eigenvalue weighted by atomic mass is 10.0. The van der Waals surface area contributed by atoms with E-state index in [0.29, 0.717) is 5.02 Å². The van der Waals surface area contributed by atoms with Gasteiger partial charge in [0.05, 0.1) is 5.69 Å². The smallest absolute Gasteiger partial charge is 0.138 e. The van der Waals surface area contributed by atoms with Crippen molar-refractivity contribution < 1.29 is 4.39 Å². The Morgan fingerprint density at radius 1 is 1.22 bits per heavy atom. The first-order valence-electron chi connectivity index (χ1n) is 8.54. The van der Waals surface area contributed by atoms with Crippen LogP contribution in [0.15, 0.2) is 55.1 Å². The predicted octanol–water partition coefficient (Wildman–Crippen LogP) is 3.63. The first-order valence-corrected chi connectivity index (χ1v) is 8.92. The third kappa shape index (κ3) is 4.47. The molecule has 0 bridgehead atoms. The highest BCUT2D eigenvalue weighted by Gasteiger charge is 2.25. The lowest BCUT2D eigenvalue weighted by molar-refractivity contribution is 0.153. The second kappa shape index (κ2) is 8.80. The minimum atomic E-state index is -0.206. The van der Waals surface area contributed by atoms with Gasteiger partial charge < -0.3 is 5.32 Å². The summed E-state index contributed by atoms with van der Waals surface area (Å²) in [6.45, 7) is 3.28. The van der Waals surface area contributed by atoms with Gasteiger partial charge in [0.25, 0.3) is 0 Å². The third-order valence-corrected chi connectivity index (χ3v) is 4.91. The molecule has 1 saturated heterocycles. The highest BCUT2D eigenvalue weighted by molar-refractivity contribution is 6.30. The topological polar surface area (TPSA) is 46.0 Å². The molecule has 5 nitrogen and oxygen atoms in total. The molecule has 2 heterocycles. The maximum absolute atomic E-state index is 13.7. The average Bonchev–Trinajstić information content (AvgIpc) is 3.18. The molecule has 0 amide bonds. The van der Waals surface area contributed by atoms with Crippen LogP contribution in [0.25, 0.3) is 5.69 Å². The van der Waals surface area contributed by atoms with Crippen LogP contribution >= 0.6 is 24.0 Å². The molecule has 0 spiro atoms. The van der Waals surface area contributed by atoms with Gasteiger partial charge in [0, 0.05) is 37.2 Å². The van der Waals surface area contributed by atoms with Gasteiger partial charge in [-0.3, -0.25) is 4.90 Å². The molecule has 142 valence electrons. The summed E-state index contributed by atoms with van der Waals surface area (Å²) < 4.78 is 15.4. The molecule has 1 aliphatic rings. The Kier molecular flexibility index (Phi) is 6.44. The number of rotatable bonds is 4. The van der Waals surface area contributed by atoms with Crippen molar-refractivity contribution in [2.75, 3.05) is 19.6 Å². The van der Waals surface area contributed by atoms with Gasteiger partial charge in [0.15, 0.2) is 0 Å². The predicted molar refractivity (Wildman–Crippen MR) is 106 cm³/mol. The van der Waals surface area contributed by atoms with Crippen LogP contribution in [0.5, 0.6) is 0 Å². The summed E-state index contributed by atoms with van der Waals surface area (Å²) in [6, 6.07) is 12.7. The van der Waals surface area contributed by atoms with Crippen molar-refractivity contribution in [1.82, 2.24) is 25.0 Å². The summed E-state index contributed by atoms with van der Waals surface area (Å²) in [5.41, 5.74) is 2.99. The number of nitrogens with zero attached hydrogens (tertiary/aromatic N) is 4. The van der Waals surface area contributed by atoms with Crippen molar-refractivity contribution in [2.24, 2.45) is 0 Å². The van der Waals surface area contributed by atoms with Gasteiger partial charge >= 0.3 is 0 Å². The van der Waals surface area contributed by atoms with Crippen LogP contribution in [0.2, 0.25) is 5.02 Å². The number of hydrogen-bond donors (Lipinski definition) is 1. The number of halogens is 3. The SMILES string of the molecule is Cl.Fc1cccc(C2CNCCN2Cc2ccc(Cl)cc2-n2cncn2)c1. The fraction of sp³-hybridized carbons (Fsp3) is 0.263. The van der Waals surface area contributed by atoms with Crippen molar-refractivity contribution in [3.63, 3.8) is 0 Å². The first kappa shape index (κ1) is 19.8. The van der Waals surface area contributed by atoms with E-state index >= 15 is 0 Å². The lowest BCUT2D eigenvalue weighted by Crippen LogP contribution is -2.45. The molecular weight excluding hydrogens is 388 g/mol. The Morgan fingerprint density at radius 2 is 2.11 bits per heavy atom. The zero-order valence-electron chi connectivity index (χ0n) is 14.6. The summed E-state index contributed by atoms with van der Waals surface area (Å²) in [6.07, 6.45) is 3.17. The van der Waals surface area contributed by atoms with E-state index < -0.39 is 0 Å². The molecule has 1 aliphatic heterocycles. The van der Waals surface area contributed by atoms with E-state index in [2.05, 4.69) is 20.3 Å². The monoisotopic (exact) mass is 407 g/mol. The van der Waals surface area contributed by atoms with Gasteiger partial charge in [0.2, 0.25) is 0 Å². The minimum Gasteiger partial charge on any atom is -0.314 e. The first-order chi connectivity index (χ1) is 12.7. The van der Waals surface area contributed by atoms with Crippen LogP contribution in [-0.4, -0.2) is 39.3 Å². The van der Waals surface area contributed by atoms with E-state index in [4.69, 9.17) is 11.6 Å².